The zero-order valence-corrected chi connectivity index (χ0v) is 11.9. The second kappa shape index (κ2) is 6.04. The third-order valence-electron chi connectivity index (χ3n) is 3.08. The SMILES string of the molecule is CCSCCC(C)N(C)c1nccn2cnnc12. The summed E-state index contributed by atoms with van der Waals surface area (Å²) in [6.45, 7) is 4.41. The number of hydrogen-bond donors (Lipinski definition) is 0. The number of anilines is 1. The molecule has 0 N–H and O–H groups in total. The van der Waals surface area contributed by atoms with E-state index in [4.69, 9.17) is 0 Å². The lowest BCUT2D eigenvalue weighted by atomic mass is 10.2. The van der Waals surface area contributed by atoms with Crippen molar-refractivity contribution in [1.82, 2.24) is 19.6 Å². The number of thioether (sulfide) groups is 1. The van der Waals surface area contributed by atoms with Gasteiger partial charge in [-0.2, -0.15) is 11.8 Å². The summed E-state index contributed by atoms with van der Waals surface area (Å²) < 4.78 is 1.90. The van der Waals surface area contributed by atoms with Gasteiger partial charge in [0.2, 0.25) is 5.65 Å². The topological polar surface area (TPSA) is 46.3 Å². The molecule has 2 rings (SSSR count). The molecule has 0 fully saturated rings. The van der Waals surface area contributed by atoms with Crippen molar-refractivity contribution >= 4 is 23.2 Å². The van der Waals surface area contributed by atoms with Gasteiger partial charge in [0, 0.05) is 25.5 Å². The molecule has 0 aromatic carbocycles. The van der Waals surface area contributed by atoms with Crippen LogP contribution in [0.2, 0.25) is 0 Å². The fraction of sp³-hybridized carbons (Fsp3) is 0.583. The van der Waals surface area contributed by atoms with Gasteiger partial charge in [0.25, 0.3) is 0 Å². The Kier molecular flexibility index (Phi) is 4.41. The van der Waals surface area contributed by atoms with Crippen LogP contribution in [-0.4, -0.2) is 44.2 Å². The van der Waals surface area contributed by atoms with Gasteiger partial charge < -0.3 is 4.90 Å². The van der Waals surface area contributed by atoms with Crippen molar-refractivity contribution in [2.24, 2.45) is 0 Å². The van der Waals surface area contributed by atoms with Crippen LogP contribution in [0.4, 0.5) is 5.82 Å². The van der Waals surface area contributed by atoms with Crippen molar-refractivity contribution in [3.05, 3.63) is 18.7 Å². The van der Waals surface area contributed by atoms with E-state index in [1.165, 1.54) is 11.5 Å². The molecule has 2 aromatic rings. The van der Waals surface area contributed by atoms with Crippen LogP contribution in [0.25, 0.3) is 5.65 Å². The summed E-state index contributed by atoms with van der Waals surface area (Å²) in [5.74, 6) is 3.25. The fourth-order valence-electron chi connectivity index (χ4n) is 1.79. The summed E-state index contributed by atoms with van der Waals surface area (Å²) in [6.07, 6.45) is 6.50. The van der Waals surface area contributed by atoms with Crippen molar-refractivity contribution in [3.63, 3.8) is 0 Å². The lowest BCUT2D eigenvalue weighted by Gasteiger charge is -2.25. The van der Waals surface area contributed by atoms with Crippen LogP contribution in [0.15, 0.2) is 18.7 Å². The van der Waals surface area contributed by atoms with E-state index >= 15 is 0 Å². The number of nitrogens with zero attached hydrogens (tertiary/aromatic N) is 5. The molecule has 98 valence electrons. The van der Waals surface area contributed by atoms with Gasteiger partial charge in [0.15, 0.2) is 5.82 Å². The van der Waals surface area contributed by atoms with Gasteiger partial charge in [-0.15, -0.1) is 10.2 Å². The van der Waals surface area contributed by atoms with E-state index in [0.717, 1.165) is 17.9 Å². The van der Waals surface area contributed by atoms with E-state index in [0.29, 0.717) is 6.04 Å². The van der Waals surface area contributed by atoms with Crippen LogP contribution in [0.1, 0.15) is 20.3 Å². The summed E-state index contributed by atoms with van der Waals surface area (Å²) >= 11 is 1.97. The Bertz CT molecular complexity index is 498. The molecule has 0 aliphatic rings. The minimum absolute atomic E-state index is 0.444. The zero-order chi connectivity index (χ0) is 13.0. The third kappa shape index (κ3) is 2.75. The van der Waals surface area contributed by atoms with E-state index in [1.54, 1.807) is 12.5 Å². The minimum Gasteiger partial charge on any atom is -0.354 e. The second-order valence-electron chi connectivity index (χ2n) is 4.26. The maximum absolute atomic E-state index is 4.42. The van der Waals surface area contributed by atoms with Crippen molar-refractivity contribution in [2.45, 2.75) is 26.3 Å². The smallest absolute Gasteiger partial charge is 0.203 e. The highest BCUT2D eigenvalue weighted by molar-refractivity contribution is 7.99. The third-order valence-corrected chi connectivity index (χ3v) is 4.01. The zero-order valence-electron chi connectivity index (χ0n) is 11.1. The summed E-state index contributed by atoms with van der Waals surface area (Å²) in [6, 6.07) is 0.444. The first-order valence-electron chi connectivity index (χ1n) is 6.19. The highest BCUT2D eigenvalue weighted by Gasteiger charge is 2.15. The number of rotatable bonds is 6. The van der Waals surface area contributed by atoms with Gasteiger partial charge >= 0.3 is 0 Å². The molecule has 0 aliphatic heterocycles. The highest BCUT2D eigenvalue weighted by atomic mass is 32.2. The van der Waals surface area contributed by atoms with Crippen LogP contribution in [0, 0.1) is 0 Å². The molecule has 5 nitrogen and oxygen atoms in total. The average Bonchev–Trinajstić information content (AvgIpc) is 2.86. The van der Waals surface area contributed by atoms with Crippen LogP contribution in [-0.2, 0) is 0 Å². The predicted molar refractivity (Wildman–Crippen MR) is 76.3 cm³/mol. The number of hydrogen-bond acceptors (Lipinski definition) is 5. The van der Waals surface area contributed by atoms with Crippen LogP contribution in [0.3, 0.4) is 0 Å². The Labute approximate surface area is 112 Å². The quantitative estimate of drug-likeness (QED) is 0.748. The molecule has 2 heterocycles. The van der Waals surface area contributed by atoms with E-state index in [9.17, 15) is 0 Å². The molecule has 0 amide bonds. The Balaban J connectivity index is 2.12. The molecule has 0 bridgehead atoms. The molecule has 1 unspecified atom stereocenters. The summed E-state index contributed by atoms with van der Waals surface area (Å²) in [7, 11) is 2.07. The summed E-state index contributed by atoms with van der Waals surface area (Å²) in [5.41, 5.74) is 0.815. The lowest BCUT2D eigenvalue weighted by molar-refractivity contribution is 0.662. The molecule has 1 atom stereocenters. The summed E-state index contributed by atoms with van der Waals surface area (Å²) in [5, 5.41) is 8.04. The van der Waals surface area contributed by atoms with Crippen LogP contribution >= 0.6 is 11.8 Å². The normalized spacial score (nSPS) is 12.8. The van der Waals surface area contributed by atoms with Crippen LogP contribution in [0.5, 0.6) is 0 Å². The monoisotopic (exact) mass is 265 g/mol. The van der Waals surface area contributed by atoms with Gasteiger partial charge in [-0.1, -0.05) is 6.92 Å². The molecule has 18 heavy (non-hydrogen) atoms. The van der Waals surface area contributed by atoms with Gasteiger partial charge in [0.05, 0.1) is 0 Å². The lowest BCUT2D eigenvalue weighted by Crippen LogP contribution is -2.30. The Morgan fingerprint density at radius 3 is 3.11 bits per heavy atom. The van der Waals surface area contributed by atoms with Gasteiger partial charge in [0.1, 0.15) is 6.33 Å². The maximum Gasteiger partial charge on any atom is 0.203 e. The molecule has 0 radical (unpaired) electrons. The molecule has 0 saturated heterocycles. The van der Waals surface area contributed by atoms with Gasteiger partial charge in [-0.05, 0) is 24.9 Å². The van der Waals surface area contributed by atoms with Crippen LogP contribution < -0.4 is 4.90 Å². The highest BCUT2D eigenvalue weighted by Crippen LogP contribution is 2.19. The van der Waals surface area contributed by atoms with E-state index in [2.05, 4.69) is 41.0 Å². The predicted octanol–water partition coefficient (Wildman–Crippen LogP) is 2.09. The first-order valence-corrected chi connectivity index (χ1v) is 7.34. The molecule has 2 aromatic heterocycles. The molecular weight excluding hydrogens is 246 g/mol. The van der Waals surface area contributed by atoms with Crippen molar-refractivity contribution in [1.29, 1.82) is 0 Å². The molecule has 0 aliphatic carbocycles. The molecule has 6 heteroatoms. The molecule has 0 saturated carbocycles. The molecular formula is C12H19N5S. The Morgan fingerprint density at radius 1 is 1.50 bits per heavy atom. The first-order chi connectivity index (χ1) is 8.74. The minimum atomic E-state index is 0.444. The average molecular weight is 265 g/mol. The second-order valence-corrected chi connectivity index (χ2v) is 5.65. The molecule has 0 spiro atoms. The standard InChI is InChI=1S/C12H19N5S/c1-4-18-8-5-10(2)16(3)11-12-15-14-9-17(12)7-6-13-11/h6-7,9-10H,4-5,8H2,1-3H3. The number of fused-ring (bicyclic) bond motifs is 1. The number of aromatic nitrogens is 4. The van der Waals surface area contributed by atoms with E-state index in [-0.39, 0.29) is 0 Å². The van der Waals surface area contributed by atoms with Crippen molar-refractivity contribution < 1.29 is 0 Å². The van der Waals surface area contributed by atoms with E-state index in [1.807, 2.05) is 22.4 Å². The largest absolute Gasteiger partial charge is 0.354 e. The van der Waals surface area contributed by atoms with Crippen molar-refractivity contribution in [2.75, 3.05) is 23.5 Å². The van der Waals surface area contributed by atoms with Gasteiger partial charge in [-0.25, -0.2) is 4.98 Å². The van der Waals surface area contributed by atoms with Gasteiger partial charge in [-0.3, -0.25) is 4.40 Å². The maximum atomic E-state index is 4.42. The van der Waals surface area contributed by atoms with E-state index < -0.39 is 0 Å². The van der Waals surface area contributed by atoms with Crippen molar-refractivity contribution in [3.8, 4) is 0 Å². The Morgan fingerprint density at radius 2 is 2.33 bits per heavy atom. The summed E-state index contributed by atoms with van der Waals surface area (Å²) in [4.78, 5) is 6.60. The Hall–Kier alpha value is -1.30. The fourth-order valence-corrected chi connectivity index (χ4v) is 2.59. The first kappa shape index (κ1) is 13.1.